The van der Waals surface area contributed by atoms with E-state index < -0.39 is 0 Å². The highest BCUT2D eigenvalue weighted by atomic mass is 15.1. The quantitative estimate of drug-likeness (QED) is 0.837. The van der Waals surface area contributed by atoms with Gasteiger partial charge in [-0.1, -0.05) is 38.6 Å². The molecular formula is C20H23N3. The predicted molar refractivity (Wildman–Crippen MR) is 97.4 cm³/mol. The van der Waals surface area contributed by atoms with Gasteiger partial charge in [0.25, 0.3) is 0 Å². The normalized spacial score (nSPS) is 18.0. The Morgan fingerprint density at radius 3 is 2.83 bits per heavy atom. The van der Waals surface area contributed by atoms with Gasteiger partial charge in [-0.2, -0.15) is 0 Å². The van der Waals surface area contributed by atoms with E-state index in [-0.39, 0.29) is 0 Å². The van der Waals surface area contributed by atoms with Crippen LogP contribution in [0.5, 0.6) is 0 Å². The number of H-pyrrole nitrogens is 1. The molecule has 0 spiro atoms. The van der Waals surface area contributed by atoms with Gasteiger partial charge in [0.05, 0.1) is 16.7 Å². The second kappa shape index (κ2) is 6.29. The summed E-state index contributed by atoms with van der Waals surface area (Å²) in [5, 5.41) is 0. The third-order valence-corrected chi connectivity index (χ3v) is 4.35. The number of rotatable bonds is 4. The minimum absolute atomic E-state index is 0.393. The largest absolute Gasteiger partial charge is 0.338 e. The Kier molecular flexibility index (Phi) is 4.20. The summed E-state index contributed by atoms with van der Waals surface area (Å²) in [5.74, 6) is 1.34. The van der Waals surface area contributed by atoms with Crippen LogP contribution in [0.3, 0.4) is 0 Å². The van der Waals surface area contributed by atoms with Gasteiger partial charge in [0.1, 0.15) is 5.82 Å². The molecule has 0 aliphatic carbocycles. The van der Waals surface area contributed by atoms with E-state index in [2.05, 4.69) is 61.7 Å². The molecule has 0 bridgehead atoms. The third-order valence-electron chi connectivity index (χ3n) is 4.35. The van der Waals surface area contributed by atoms with Gasteiger partial charge in [0.2, 0.25) is 0 Å². The minimum atomic E-state index is 0.393. The molecule has 1 aliphatic heterocycles. The van der Waals surface area contributed by atoms with Gasteiger partial charge < -0.3 is 9.88 Å². The fourth-order valence-corrected chi connectivity index (χ4v) is 2.90. The minimum Gasteiger partial charge on any atom is -0.338 e. The van der Waals surface area contributed by atoms with Crippen LogP contribution >= 0.6 is 0 Å². The van der Waals surface area contributed by atoms with Gasteiger partial charge in [0, 0.05) is 18.0 Å². The number of allylic oxidation sites excluding steroid dienone is 4. The number of aromatic amines is 1. The summed E-state index contributed by atoms with van der Waals surface area (Å²) < 4.78 is 0. The number of hydrogen-bond acceptors (Lipinski definition) is 2. The average Bonchev–Trinajstić information content (AvgIpc) is 2.99. The Labute approximate surface area is 137 Å². The van der Waals surface area contributed by atoms with Crippen LogP contribution in [0.1, 0.15) is 33.0 Å². The van der Waals surface area contributed by atoms with Gasteiger partial charge in [0.15, 0.2) is 0 Å². The van der Waals surface area contributed by atoms with Crippen molar-refractivity contribution in [2.75, 3.05) is 0 Å². The van der Waals surface area contributed by atoms with Crippen molar-refractivity contribution < 1.29 is 0 Å². The van der Waals surface area contributed by atoms with E-state index in [0.717, 1.165) is 29.0 Å². The number of hydrogen-bond donors (Lipinski definition) is 1. The molecule has 1 aromatic heterocycles. The molecule has 23 heavy (non-hydrogen) atoms. The van der Waals surface area contributed by atoms with Gasteiger partial charge in [-0.05, 0) is 43.0 Å². The fourth-order valence-electron chi connectivity index (χ4n) is 2.90. The van der Waals surface area contributed by atoms with Crippen molar-refractivity contribution in [3.05, 3.63) is 72.5 Å². The van der Waals surface area contributed by atoms with Crippen LogP contribution < -0.4 is 0 Å². The van der Waals surface area contributed by atoms with E-state index in [1.165, 1.54) is 11.1 Å². The van der Waals surface area contributed by atoms with Crippen molar-refractivity contribution in [1.29, 1.82) is 0 Å². The van der Waals surface area contributed by atoms with E-state index in [1.807, 2.05) is 24.4 Å². The lowest BCUT2D eigenvalue weighted by atomic mass is 9.94. The van der Waals surface area contributed by atoms with Gasteiger partial charge in [-0.15, -0.1) is 0 Å². The third kappa shape index (κ3) is 2.87. The summed E-state index contributed by atoms with van der Waals surface area (Å²) in [5.41, 5.74) is 5.64. The molecule has 0 saturated carbocycles. The summed E-state index contributed by atoms with van der Waals surface area (Å²) in [6, 6.07) is 8.16. The standard InChI is InChI=1S/C20H23N3/c1-5-15(4)19(18-12-11-14(3)13-23(18)6-2)20-21-16-9-7-8-10-17(16)22-20/h6-13,15H,2,5H2,1,3-4H3,(H,21,22)/b19-18+. The first-order valence-electron chi connectivity index (χ1n) is 8.10. The Morgan fingerprint density at radius 2 is 2.13 bits per heavy atom. The molecule has 0 amide bonds. The van der Waals surface area contributed by atoms with E-state index >= 15 is 0 Å². The fraction of sp³-hybridized carbons (Fsp3) is 0.250. The van der Waals surface area contributed by atoms with Crippen LogP contribution in [0.4, 0.5) is 0 Å². The van der Waals surface area contributed by atoms with Crippen molar-refractivity contribution in [1.82, 2.24) is 14.9 Å². The van der Waals surface area contributed by atoms with Crippen LogP contribution in [0.25, 0.3) is 16.6 Å². The van der Waals surface area contributed by atoms with E-state index in [0.29, 0.717) is 5.92 Å². The Morgan fingerprint density at radius 1 is 1.35 bits per heavy atom. The number of para-hydroxylation sites is 2. The maximum Gasteiger partial charge on any atom is 0.136 e. The molecule has 3 heteroatoms. The SMILES string of the molecule is C=CN1C=C(C)C=C/C1=C(\c1nc2ccccc2[nH]1)C(C)CC. The monoisotopic (exact) mass is 305 g/mol. The van der Waals surface area contributed by atoms with Gasteiger partial charge >= 0.3 is 0 Å². The lowest BCUT2D eigenvalue weighted by molar-refractivity contribution is 0.619. The smallest absolute Gasteiger partial charge is 0.136 e. The predicted octanol–water partition coefficient (Wildman–Crippen LogP) is 5.24. The summed E-state index contributed by atoms with van der Waals surface area (Å²) in [4.78, 5) is 10.4. The molecule has 1 aromatic carbocycles. The topological polar surface area (TPSA) is 31.9 Å². The van der Waals surface area contributed by atoms with Crippen molar-refractivity contribution >= 4 is 16.6 Å². The maximum atomic E-state index is 4.82. The Balaban J connectivity index is 2.20. The van der Waals surface area contributed by atoms with E-state index in [9.17, 15) is 0 Å². The zero-order valence-corrected chi connectivity index (χ0v) is 14.0. The first-order valence-corrected chi connectivity index (χ1v) is 8.10. The van der Waals surface area contributed by atoms with Crippen LogP contribution in [-0.4, -0.2) is 14.9 Å². The summed E-state index contributed by atoms with van der Waals surface area (Å²) in [6.45, 7) is 10.5. The van der Waals surface area contributed by atoms with Crippen molar-refractivity contribution in [3.63, 3.8) is 0 Å². The molecule has 0 saturated heterocycles. The number of nitrogens with one attached hydrogen (secondary N) is 1. The van der Waals surface area contributed by atoms with Gasteiger partial charge in [-0.3, -0.25) is 0 Å². The van der Waals surface area contributed by atoms with E-state index in [4.69, 9.17) is 4.98 Å². The number of imidazole rings is 1. The summed E-state index contributed by atoms with van der Waals surface area (Å²) in [7, 11) is 0. The molecule has 2 aromatic rings. The highest BCUT2D eigenvalue weighted by molar-refractivity contribution is 5.80. The number of fused-ring (bicyclic) bond motifs is 1. The average molecular weight is 305 g/mol. The molecule has 1 atom stereocenters. The van der Waals surface area contributed by atoms with Crippen LogP contribution in [0, 0.1) is 5.92 Å². The molecule has 118 valence electrons. The zero-order chi connectivity index (χ0) is 16.4. The second-order valence-electron chi connectivity index (χ2n) is 6.01. The van der Waals surface area contributed by atoms with Crippen molar-refractivity contribution in [2.24, 2.45) is 5.92 Å². The first-order chi connectivity index (χ1) is 11.1. The lowest BCUT2D eigenvalue weighted by Crippen LogP contribution is -2.16. The molecule has 1 aliphatic rings. The second-order valence-corrected chi connectivity index (χ2v) is 6.01. The van der Waals surface area contributed by atoms with Crippen LogP contribution in [0.15, 0.2) is 66.7 Å². The maximum absolute atomic E-state index is 4.82. The highest BCUT2D eigenvalue weighted by Crippen LogP contribution is 2.33. The highest BCUT2D eigenvalue weighted by Gasteiger charge is 2.21. The van der Waals surface area contributed by atoms with Crippen molar-refractivity contribution in [2.45, 2.75) is 27.2 Å². The first kappa shape index (κ1) is 15.3. The molecule has 0 fully saturated rings. The molecule has 1 unspecified atom stereocenters. The van der Waals surface area contributed by atoms with Gasteiger partial charge in [-0.25, -0.2) is 4.98 Å². The van der Waals surface area contributed by atoms with E-state index in [1.54, 1.807) is 0 Å². The molecular weight excluding hydrogens is 282 g/mol. The number of benzene rings is 1. The molecule has 3 rings (SSSR count). The summed E-state index contributed by atoms with van der Waals surface area (Å²) >= 11 is 0. The molecule has 1 N–H and O–H groups in total. The zero-order valence-electron chi connectivity index (χ0n) is 14.0. The van der Waals surface area contributed by atoms with Crippen LogP contribution in [0.2, 0.25) is 0 Å². The molecule has 0 radical (unpaired) electrons. The number of aromatic nitrogens is 2. The molecule has 3 nitrogen and oxygen atoms in total. The lowest BCUT2D eigenvalue weighted by Gasteiger charge is -2.26. The number of nitrogens with zero attached hydrogens (tertiary/aromatic N) is 2. The molecule has 2 heterocycles. The van der Waals surface area contributed by atoms with Crippen LogP contribution in [-0.2, 0) is 0 Å². The summed E-state index contributed by atoms with van der Waals surface area (Å²) in [6.07, 6.45) is 9.31. The van der Waals surface area contributed by atoms with Crippen molar-refractivity contribution in [3.8, 4) is 0 Å². The Hall–Kier alpha value is -2.55. The Bertz CT molecular complexity index is 787.